The van der Waals surface area contributed by atoms with Crippen LogP contribution in [0, 0.1) is 23.3 Å². The standard InChI is InChI=1S/C21H9F13N2O2/c22-13-9(20(29,30)31)4-11(35)15(24)17(13)37-7-1-6(19(26,27)28)2-8(3-7)38-18-14(23)10(21(32,33)34)5-12(36)16(18)25/h1-5H,35-36H2. The van der Waals surface area contributed by atoms with Crippen LogP contribution in [0.4, 0.5) is 68.5 Å². The van der Waals surface area contributed by atoms with Crippen LogP contribution in [-0.4, -0.2) is 0 Å². The highest BCUT2D eigenvalue weighted by molar-refractivity contribution is 5.55. The highest BCUT2D eigenvalue weighted by atomic mass is 19.4. The van der Waals surface area contributed by atoms with Gasteiger partial charge in [0.1, 0.15) is 11.5 Å². The van der Waals surface area contributed by atoms with E-state index in [9.17, 15) is 57.1 Å². The molecule has 0 saturated heterocycles. The Bertz CT molecular complexity index is 1300. The minimum Gasteiger partial charge on any atom is -0.451 e. The summed E-state index contributed by atoms with van der Waals surface area (Å²) in [5.41, 5.74) is 1.35. The molecular formula is C21H9F13N2O2. The number of benzene rings is 3. The fourth-order valence-electron chi connectivity index (χ4n) is 2.94. The molecule has 0 aliphatic rings. The van der Waals surface area contributed by atoms with Gasteiger partial charge in [0, 0.05) is 6.07 Å². The van der Waals surface area contributed by atoms with Crippen molar-refractivity contribution < 1.29 is 66.5 Å². The van der Waals surface area contributed by atoms with Crippen molar-refractivity contribution in [3.63, 3.8) is 0 Å². The van der Waals surface area contributed by atoms with Crippen molar-refractivity contribution in [2.75, 3.05) is 11.5 Å². The lowest BCUT2D eigenvalue weighted by Crippen LogP contribution is -2.12. The Morgan fingerprint density at radius 3 is 1.11 bits per heavy atom. The average Bonchev–Trinajstić information content (AvgIpc) is 2.77. The zero-order chi connectivity index (χ0) is 29.0. The van der Waals surface area contributed by atoms with Gasteiger partial charge in [-0.3, -0.25) is 0 Å². The maximum atomic E-state index is 14.4. The maximum Gasteiger partial charge on any atom is 0.419 e. The van der Waals surface area contributed by atoms with E-state index in [1.807, 2.05) is 0 Å². The lowest BCUT2D eigenvalue weighted by Gasteiger charge is -2.18. The van der Waals surface area contributed by atoms with Gasteiger partial charge in [0.05, 0.1) is 28.1 Å². The third kappa shape index (κ3) is 5.60. The van der Waals surface area contributed by atoms with Crippen LogP contribution in [-0.2, 0) is 18.5 Å². The molecule has 0 aliphatic heterocycles. The van der Waals surface area contributed by atoms with Crippen molar-refractivity contribution in [3.8, 4) is 23.0 Å². The van der Waals surface area contributed by atoms with Crippen LogP contribution in [0.3, 0.4) is 0 Å². The first-order valence-electron chi connectivity index (χ1n) is 9.49. The van der Waals surface area contributed by atoms with Crippen molar-refractivity contribution in [1.29, 1.82) is 0 Å². The molecule has 3 aromatic carbocycles. The van der Waals surface area contributed by atoms with Crippen LogP contribution in [0.5, 0.6) is 23.0 Å². The zero-order valence-corrected chi connectivity index (χ0v) is 17.8. The predicted octanol–water partition coefficient (Wildman–Crippen LogP) is 8.05. The van der Waals surface area contributed by atoms with E-state index in [2.05, 4.69) is 9.47 Å². The van der Waals surface area contributed by atoms with Gasteiger partial charge < -0.3 is 20.9 Å². The number of nitrogens with two attached hydrogens (primary N) is 2. The smallest absolute Gasteiger partial charge is 0.419 e. The Labute approximate surface area is 202 Å². The average molecular weight is 568 g/mol. The van der Waals surface area contributed by atoms with E-state index in [1.165, 1.54) is 0 Å². The molecule has 4 nitrogen and oxygen atoms in total. The Balaban J connectivity index is 2.19. The summed E-state index contributed by atoms with van der Waals surface area (Å²) in [5, 5.41) is 0. The number of anilines is 2. The summed E-state index contributed by atoms with van der Waals surface area (Å²) in [6, 6.07) is -0.0751. The van der Waals surface area contributed by atoms with Gasteiger partial charge in [-0.25, -0.2) is 17.6 Å². The summed E-state index contributed by atoms with van der Waals surface area (Å²) >= 11 is 0. The van der Waals surface area contributed by atoms with E-state index in [1.54, 1.807) is 0 Å². The molecule has 0 atom stereocenters. The predicted molar refractivity (Wildman–Crippen MR) is 103 cm³/mol. The fraction of sp³-hybridized carbons (Fsp3) is 0.143. The van der Waals surface area contributed by atoms with Crippen molar-refractivity contribution in [3.05, 3.63) is 70.3 Å². The second-order valence-electron chi connectivity index (χ2n) is 7.33. The van der Waals surface area contributed by atoms with Gasteiger partial charge in [0.15, 0.2) is 23.3 Å². The van der Waals surface area contributed by atoms with Gasteiger partial charge in [-0.2, -0.15) is 39.5 Å². The largest absolute Gasteiger partial charge is 0.451 e. The number of halogens is 13. The Kier molecular flexibility index (Phi) is 7.02. The molecule has 0 fully saturated rings. The number of hydrogen-bond acceptors (Lipinski definition) is 4. The molecule has 3 rings (SSSR count). The van der Waals surface area contributed by atoms with Gasteiger partial charge in [0.25, 0.3) is 0 Å². The molecule has 4 N–H and O–H groups in total. The highest BCUT2D eigenvalue weighted by Gasteiger charge is 2.39. The number of nitrogen functional groups attached to an aromatic ring is 2. The first-order chi connectivity index (χ1) is 17.2. The molecule has 0 saturated carbocycles. The van der Waals surface area contributed by atoms with Gasteiger partial charge in [-0.15, -0.1) is 0 Å². The van der Waals surface area contributed by atoms with E-state index in [0.29, 0.717) is 0 Å². The molecule has 0 spiro atoms. The molecule has 0 bridgehead atoms. The van der Waals surface area contributed by atoms with Crippen molar-refractivity contribution in [2.45, 2.75) is 18.5 Å². The molecule has 0 radical (unpaired) electrons. The lowest BCUT2D eigenvalue weighted by molar-refractivity contribution is -0.141. The van der Waals surface area contributed by atoms with Crippen LogP contribution < -0.4 is 20.9 Å². The fourth-order valence-corrected chi connectivity index (χ4v) is 2.94. The van der Waals surface area contributed by atoms with Crippen LogP contribution in [0.2, 0.25) is 0 Å². The van der Waals surface area contributed by atoms with Crippen LogP contribution >= 0.6 is 0 Å². The summed E-state index contributed by atoms with van der Waals surface area (Å²) in [6.45, 7) is 0. The van der Waals surface area contributed by atoms with E-state index < -0.39 is 92.9 Å². The minimum atomic E-state index is -5.45. The minimum absolute atomic E-state index is 0.00456. The number of ether oxygens (including phenoxy) is 2. The van der Waals surface area contributed by atoms with Gasteiger partial charge in [0.2, 0.25) is 11.5 Å². The normalized spacial score (nSPS) is 12.6. The van der Waals surface area contributed by atoms with Crippen LogP contribution in [0.15, 0.2) is 30.3 Å². The van der Waals surface area contributed by atoms with Crippen molar-refractivity contribution in [2.24, 2.45) is 0 Å². The first-order valence-corrected chi connectivity index (χ1v) is 9.49. The Morgan fingerprint density at radius 1 is 0.474 bits per heavy atom. The number of hydrogen-bond donors (Lipinski definition) is 2. The molecule has 206 valence electrons. The Hall–Kier alpha value is -4.05. The molecular weight excluding hydrogens is 559 g/mol. The third-order valence-electron chi connectivity index (χ3n) is 4.63. The molecule has 0 unspecified atom stereocenters. The molecule has 3 aromatic rings. The molecule has 0 amide bonds. The monoisotopic (exact) mass is 568 g/mol. The summed E-state index contributed by atoms with van der Waals surface area (Å²) in [6.07, 6.45) is -16.2. The number of rotatable bonds is 4. The molecule has 0 aromatic heterocycles. The van der Waals surface area contributed by atoms with Crippen molar-refractivity contribution >= 4 is 11.4 Å². The summed E-state index contributed by atoms with van der Waals surface area (Å²) in [5.74, 6) is -15.2. The van der Waals surface area contributed by atoms with Gasteiger partial charge in [-0.1, -0.05) is 0 Å². The van der Waals surface area contributed by atoms with E-state index >= 15 is 0 Å². The first kappa shape index (κ1) is 28.5. The number of alkyl halides is 9. The highest BCUT2D eigenvalue weighted by Crippen LogP contribution is 2.44. The second kappa shape index (κ2) is 9.36. The molecule has 0 aliphatic carbocycles. The third-order valence-corrected chi connectivity index (χ3v) is 4.63. The molecule has 38 heavy (non-hydrogen) atoms. The lowest BCUT2D eigenvalue weighted by atomic mass is 10.1. The van der Waals surface area contributed by atoms with E-state index in [-0.39, 0.29) is 30.3 Å². The Morgan fingerprint density at radius 2 is 0.816 bits per heavy atom. The summed E-state index contributed by atoms with van der Waals surface area (Å²) in [7, 11) is 0. The maximum absolute atomic E-state index is 14.4. The summed E-state index contributed by atoms with van der Waals surface area (Å²) < 4.78 is 185. The quantitative estimate of drug-likeness (QED) is 0.247. The van der Waals surface area contributed by atoms with E-state index in [0.717, 1.165) is 0 Å². The van der Waals surface area contributed by atoms with Crippen LogP contribution in [0.1, 0.15) is 16.7 Å². The second-order valence-corrected chi connectivity index (χ2v) is 7.33. The molecule has 17 heteroatoms. The molecule has 0 heterocycles. The van der Waals surface area contributed by atoms with Gasteiger partial charge >= 0.3 is 18.5 Å². The van der Waals surface area contributed by atoms with Crippen LogP contribution in [0.25, 0.3) is 0 Å². The zero-order valence-electron chi connectivity index (χ0n) is 17.8. The van der Waals surface area contributed by atoms with Crippen molar-refractivity contribution in [1.82, 2.24) is 0 Å². The summed E-state index contributed by atoms with van der Waals surface area (Å²) in [4.78, 5) is 0. The topological polar surface area (TPSA) is 70.5 Å². The SMILES string of the molecule is Nc1cc(C(F)(F)F)c(F)c(Oc2cc(Oc3c(F)c(N)cc(C(F)(F)F)c3F)cc(C(F)(F)F)c2)c1F. The van der Waals surface area contributed by atoms with E-state index in [4.69, 9.17) is 11.5 Å². The van der Waals surface area contributed by atoms with Gasteiger partial charge in [-0.05, 0) is 24.3 Å².